The standard InChI is InChI=1S/C16H19BrN2O4S/c1-4-19(5-2)24(21,22)13-8-6-7-12(10-13)18-16(20)15-11(3)9-14(17)23-15/h6-10H,4-5H2,1-3H3,(H,18,20). The molecule has 0 fully saturated rings. The number of carbonyl (C=O) groups excluding carboxylic acids is 1. The number of benzene rings is 1. The van der Waals surface area contributed by atoms with Gasteiger partial charge in [-0.25, -0.2) is 8.42 Å². The van der Waals surface area contributed by atoms with Gasteiger partial charge in [0.1, 0.15) is 0 Å². The molecule has 6 nitrogen and oxygen atoms in total. The summed E-state index contributed by atoms with van der Waals surface area (Å²) in [6.07, 6.45) is 0. The fourth-order valence-corrected chi connectivity index (χ4v) is 4.31. The van der Waals surface area contributed by atoms with Crippen LogP contribution >= 0.6 is 15.9 Å². The maximum atomic E-state index is 12.5. The van der Waals surface area contributed by atoms with Crippen molar-refractivity contribution in [2.45, 2.75) is 25.7 Å². The van der Waals surface area contributed by atoms with Gasteiger partial charge in [0.05, 0.1) is 4.90 Å². The third-order valence-corrected chi connectivity index (χ3v) is 5.97. The molecule has 8 heteroatoms. The molecule has 1 N–H and O–H groups in total. The summed E-state index contributed by atoms with van der Waals surface area (Å²) >= 11 is 3.17. The highest BCUT2D eigenvalue weighted by molar-refractivity contribution is 9.10. The number of carbonyl (C=O) groups is 1. The van der Waals surface area contributed by atoms with Crippen LogP contribution in [0.25, 0.3) is 0 Å². The van der Waals surface area contributed by atoms with Gasteiger partial charge in [-0.2, -0.15) is 4.31 Å². The molecule has 0 saturated carbocycles. The lowest BCUT2D eigenvalue weighted by molar-refractivity contribution is 0.0994. The number of anilines is 1. The third kappa shape index (κ3) is 3.88. The molecule has 0 aliphatic carbocycles. The van der Waals surface area contributed by atoms with Crippen LogP contribution < -0.4 is 5.32 Å². The SMILES string of the molecule is CCN(CC)S(=O)(=O)c1cccc(NC(=O)c2oc(Br)cc2C)c1. The average molecular weight is 415 g/mol. The normalized spacial score (nSPS) is 11.7. The maximum absolute atomic E-state index is 12.5. The Balaban J connectivity index is 2.28. The lowest BCUT2D eigenvalue weighted by atomic mass is 10.2. The van der Waals surface area contributed by atoms with Gasteiger partial charge in [0, 0.05) is 24.3 Å². The van der Waals surface area contributed by atoms with E-state index in [1.54, 1.807) is 39.0 Å². The van der Waals surface area contributed by atoms with E-state index in [2.05, 4.69) is 21.2 Å². The summed E-state index contributed by atoms with van der Waals surface area (Å²) in [5, 5.41) is 2.66. The fourth-order valence-electron chi connectivity index (χ4n) is 2.30. The van der Waals surface area contributed by atoms with E-state index < -0.39 is 15.9 Å². The van der Waals surface area contributed by atoms with Crippen molar-refractivity contribution >= 4 is 37.5 Å². The highest BCUT2D eigenvalue weighted by Gasteiger charge is 2.22. The van der Waals surface area contributed by atoms with Crippen molar-refractivity contribution in [3.8, 4) is 0 Å². The van der Waals surface area contributed by atoms with Crippen LogP contribution in [0.4, 0.5) is 5.69 Å². The Kier molecular flexibility index (Phi) is 5.84. The quantitative estimate of drug-likeness (QED) is 0.782. The second kappa shape index (κ2) is 7.50. The molecule has 24 heavy (non-hydrogen) atoms. The Labute approximate surface area is 150 Å². The Morgan fingerprint density at radius 1 is 1.25 bits per heavy atom. The predicted molar refractivity (Wildman–Crippen MR) is 95.6 cm³/mol. The first kappa shape index (κ1) is 18.7. The Hall–Kier alpha value is -1.64. The molecule has 1 aromatic carbocycles. The van der Waals surface area contributed by atoms with Crippen molar-refractivity contribution in [3.63, 3.8) is 0 Å². The molecule has 1 heterocycles. The molecule has 0 radical (unpaired) electrons. The first-order chi connectivity index (χ1) is 11.3. The number of hydrogen-bond donors (Lipinski definition) is 1. The second-order valence-electron chi connectivity index (χ2n) is 5.13. The van der Waals surface area contributed by atoms with Gasteiger partial charge in [0.25, 0.3) is 5.91 Å². The van der Waals surface area contributed by atoms with Crippen LogP contribution in [0.5, 0.6) is 0 Å². The van der Waals surface area contributed by atoms with Crippen LogP contribution in [-0.4, -0.2) is 31.7 Å². The van der Waals surface area contributed by atoms with E-state index in [-0.39, 0.29) is 10.7 Å². The molecular weight excluding hydrogens is 396 g/mol. The number of rotatable bonds is 6. The molecule has 0 bridgehead atoms. The van der Waals surface area contributed by atoms with E-state index in [0.29, 0.717) is 29.0 Å². The van der Waals surface area contributed by atoms with Gasteiger partial charge in [0.2, 0.25) is 10.0 Å². The number of nitrogens with one attached hydrogen (secondary N) is 1. The number of sulfonamides is 1. The summed E-state index contributed by atoms with van der Waals surface area (Å²) in [6, 6.07) is 7.87. The van der Waals surface area contributed by atoms with Crippen molar-refractivity contribution in [3.05, 3.63) is 46.3 Å². The maximum Gasteiger partial charge on any atom is 0.291 e. The number of amides is 1. The minimum Gasteiger partial charge on any atom is -0.444 e. The molecule has 0 saturated heterocycles. The summed E-state index contributed by atoms with van der Waals surface area (Å²) < 4.78 is 32.2. The van der Waals surface area contributed by atoms with Gasteiger partial charge >= 0.3 is 0 Å². The van der Waals surface area contributed by atoms with E-state index >= 15 is 0 Å². The number of aryl methyl sites for hydroxylation is 1. The molecule has 1 amide bonds. The molecule has 130 valence electrons. The van der Waals surface area contributed by atoms with E-state index in [1.165, 1.54) is 16.4 Å². The van der Waals surface area contributed by atoms with E-state index in [9.17, 15) is 13.2 Å². The molecule has 1 aromatic heterocycles. The Bertz CT molecular complexity index is 842. The molecule has 2 aromatic rings. The number of hydrogen-bond acceptors (Lipinski definition) is 4. The zero-order chi connectivity index (χ0) is 17.9. The first-order valence-electron chi connectivity index (χ1n) is 7.47. The highest BCUT2D eigenvalue weighted by atomic mass is 79.9. The van der Waals surface area contributed by atoms with Crippen molar-refractivity contribution < 1.29 is 17.6 Å². The fraction of sp³-hybridized carbons (Fsp3) is 0.312. The topological polar surface area (TPSA) is 79.6 Å². The number of furan rings is 1. The van der Waals surface area contributed by atoms with Crippen molar-refractivity contribution in [2.24, 2.45) is 0 Å². The van der Waals surface area contributed by atoms with Crippen molar-refractivity contribution in [1.29, 1.82) is 0 Å². The Morgan fingerprint density at radius 3 is 2.46 bits per heavy atom. The van der Waals surface area contributed by atoms with E-state index in [4.69, 9.17) is 4.42 Å². The zero-order valence-corrected chi connectivity index (χ0v) is 16.1. The molecule has 0 atom stereocenters. The van der Waals surface area contributed by atoms with Crippen LogP contribution in [0.3, 0.4) is 0 Å². The largest absolute Gasteiger partial charge is 0.444 e. The van der Waals surface area contributed by atoms with Crippen molar-refractivity contribution in [1.82, 2.24) is 4.31 Å². The van der Waals surface area contributed by atoms with Gasteiger partial charge in [0.15, 0.2) is 10.4 Å². The minimum absolute atomic E-state index is 0.140. The highest BCUT2D eigenvalue weighted by Crippen LogP contribution is 2.23. The van der Waals surface area contributed by atoms with Crippen molar-refractivity contribution in [2.75, 3.05) is 18.4 Å². The van der Waals surface area contributed by atoms with E-state index in [1.807, 2.05) is 0 Å². The molecule has 0 unspecified atom stereocenters. The minimum atomic E-state index is -3.58. The summed E-state index contributed by atoms with van der Waals surface area (Å²) in [4.78, 5) is 12.4. The van der Waals surface area contributed by atoms with Gasteiger partial charge in [-0.3, -0.25) is 4.79 Å². The Morgan fingerprint density at radius 2 is 1.92 bits per heavy atom. The van der Waals surface area contributed by atoms with E-state index in [0.717, 1.165) is 0 Å². The van der Waals surface area contributed by atoms with Gasteiger partial charge in [-0.1, -0.05) is 19.9 Å². The van der Waals surface area contributed by atoms with Crippen LogP contribution in [-0.2, 0) is 10.0 Å². The van der Waals surface area contributed by atoms with Crippen LogP contribution in [0.1, 0.15) is 30.0 Å². The predicted octanol–water partition coefficient (Wildman–Crippen LogP) is 3.63. The van der Waals surface area contributed by atoms with Gasteiger partial charge < -0.3 is 9.73 Å². The van der Waals surface area contributed by atoms with Gasteiger partial charge in [-0.15, -0.1) is 0 Å². The molecular formula is C16H19BrN2O4S. The molecule has 0 aliphatic heterocycles. The molecule has 0 spiro atoms. The number of nitrogens with zero attached hydrogens (tertiary/aromatic N) is 1. The molecule has 0 aliphatic rings. The smallest absolute Gasteiger partial charge is 0.291 e. The number of halogens is 1. The average Bonchev–Trinajstić information content (AvgIpc) is 2.87. The second-order valence-corrected chi connectivity index (χ2v) is 7.85. The van der Waals surface area contributed by atoms with Crippen LogP contribution in [0, 0.1) is 6.92 Å². The third-order valence-electron chi connectivity index (χ3n) is 3.53. The first-order valence-corrected chi connectivity index (χ1v) is 9.70. The summed E-state index contributed by atoms with van der Waals surface area (Å²) in [5.41, 5.74) is 1.08. The van der Waals surface area contributed by atoms with Crippen LogP contribution in [0.15, 0.2) is 44.3 Å². The molecule has 2 rings (SSSR count). The summed E-state index contributed by atoms with van der Waals surface area (Å²) in [5.74, 6) is -0.255. The van der Waals surface area contributed by atoms with Crippen LogP contribution in [0.2, 0.25) is 0 Å². The lowest BCUT2D eigenvalue weighted by Gasteiger charge is -2.18. The summed E-state index contributed by atoms with van der Waals surface area (Å²) in [6.45, 7) is 6.09. The van der Waals surface area contributed by atoms with Gasteiger partial charge in [-0.05, 0) is 47.1 Å². The zero-order valence-electron chi connectivity index (χ0n) is 13.7. The lowest BCUT2D eigenvalue weighted by Crippen LogP contribution is -2.30. The summed E-state index contributed by atoms with van der Waals surface area (Å²) in [7, 11) is -3.58. The monoisotopic (exact) mass is 414 g/mol.